The molecule has 2 heterocycles. The average Bonchev–Trinajstić information content (AvgIpc) is 3.04. The summed E-state index contributed by atoms with van der Waals surface area (Å²) in [6, 6.07) is 11.9. The van der Waals surface area contributed by atoms with Crippen LogP contribution in [0.4, 0.5) is 0 Å². The van der Waals surface area contributed by atoms with E-state index in [2.05, 4.69) is 11.1 Å². The molecule has 0 atom stereocenters. The molecular formula is C23H24N2O4S. The van der Waals surface area contributed by atoms with Crippen molar-refractivity contribution in [2.75, 3.05) is 27.4 Å². The van der Waals surface area contributed by atoms with Crippen molar-refractivity contribution >= 4 is 17.2 Å². The van der Waals surface area contributed by atoms with Crippen molar-refractivity contribution in [3.8, 4) is 28.4 Å². The number of thiazole rings is 1. The summed E-state index contributed by atoms with van der Waals surface area (Å²) in [5, 5.41) is 2.91. The molecule has 2 aromatic carbocycles. The lowest BCUT2D eigenvalue weighted by Crippen LogP contribution is -2.33. The average molecular weight is 425 g/mol. The van der Waals surface area contributed by atoms with Crippen LogP contribution in [0, 0.1) is 6.92 Å². The molecule has 0 N–H and O–H groups in total. The van der Waals surface area contributed by atoms with Crippen LogP contribution in [0.15, 0.2) is 41.8 Å². The molecular weight excluding hydrogens is 400 g/mol. The standard InChI is InChI=1S/C23H24N2O4S/c1-15-24-19(14-30-15)12-22(26)25-7-8-29-23-18(13-25)9-17(11-21(23)28-3)16-5-4-6-20(10-16)27-2/h4-6,9-11,14H,7-8,12-13H2,1-3H3. The molecule has 3 aromatic rings. The Bertz CT molecular complexity index is 1060. The van der Waals surface area contributed by atoms with E-state index in [0.29, 0.717) is 37.6 Å². The van der Waals surface area contributed by atoms with E-state index >= 15 is 0 Å². The molecule has 1 aliphatic rings. The number of hydrogen-bond donors (Lipinski definition) is 0. The summed E-state index contributed by atoms with van der Waals surface area (Å²) < 4.78 is 17.0. The van der Waals surface area contributed by atoms with Gasteiger partial charge in [0.25, 0.3) is 0 Å². The SMILES string of the molecule is COc1cccc(-c2cc3c(c(OC)c2)OCCN(C(=O)Cc2csc(C)n2)C3)c1. The van der Waals surface area contributed by atoms with E-state index in [4.69, 9.17) is 14.2 Å². The van der Waals surface area contributed by atoms with Crippen molar-refractivity contribution in [2.45, 2.75) is 19.9 Å². The zero-order valence-corrected chi connectivity index (χ0v) is 18.1. The Morgan fingerprint density at radius 1 is 1.20 bits per heavy atom. The summed E-state index contributed by atoms with van der Waals surface area (Å²) in [6.45, 7) is 3.35. The van der Waals surface area contributed by atoms with Crippen LogP contribution in [0.25, 0.3) is 11.1 Å². The third-order valence-electron chi connectivity index (χ3n) is 5.08. The molecule has 0 bridgehead atoms. The monoisotopic (exact) mass is 424 g/mol. The molecule has 6 nitrogen and oxygen atoms in total. The number of aryl methyl sites for hydroxylation is 1. The molecule has 156 valence electrons. The minimum Gasteiger partial charge on any atom is -0.497 e. The largest absolute Gasteiger partial charge is 0.497 e. The predicted octanol–water partition coefficient (Wildman–Crippen LogP) is 4.10. The third kappa shape index (κ3) is 4.26. The van der Waals surface area contributed by atoms with Gasteiger partial charge in [0.05, 0.1) is 37.9 Å². The fourth-order valence-electron chi connectivity index (χ4n) is 3.57. The highest BCUT2D eigenvalue weighted by Gasteiger charge is 2.24. The van der Waals surface area contributed by atoms with Crippen LogP contribution < -0.4 is 14.2 Å². The quantitative estimate of drug-likeness (QED) is 0.617. The van der Waals surface area contributed by atoms with E-state index in [1.807, 2.05) is 47.5 Å². The maximum Gasteiger partial charge on any atom is 0.229 e. The lowest BCUT2D eigenvalue weighted by molar-refractivity contribution is -0.131. The second-order valence-electron chi connectivity index (χ2n) is 7.10. The lowest BCUT2D eigenvalue weighted by Gasteiger charge is -2.20. The Labute approximate surface area is 180 Å². The molecule has 0 aliphatic carbocycles. The van der Waals surface area contributed by atoms with Crippen molar-refractivity contribution in [2.24, 2.45) is 0 Å². The van der Waals surface area contributed by atoms with Gasteiger partial charge < -0.3 is 19.1 Å². The summed E-state index contributed by atoms with van der Waals surface area (Å²) in [4.78, 5) is 19.2. The number of carbonyl (C=O) groups excluding carboxylic acids is 1. The molecule has 0 radical (unpaired) electrons. The van der Waals surface area contributed by atoms with Crippen molar-refractivity contribution in [3.05, 3.63) is 58.0 Å². The van der Waals surface area contributed by atoms with Gasteiger partial charge in [0.15, 0.2) is 11.5 Å². The molecule has 1 aliphatic heterocycles. The first kappa shape index (κ1) is 20.2. The van der Waals surface area contributed by atoms with E-state index in [-0.39, 0.29) is 5.91 Å². The Hall–Kier alpha value is -3.06. The first-order chi connectivity index (χ1) is 14.6. The highest BCUT2D eigenvalue weighted by molar-refractivity contribution is 7.09. The maximum absolute atomic E-state index is 12.9. The van der Waals surface area contributed by atoms with Gasteiger partial charge in [0.2, 0.25) is 5.91 Å². The van der Waals surface area contributed by atoms with Gasteiger partial charge in [-0.1, -0.05) is 12.1 Å². The molecule has 4 rings (SSSR count). The fourth-order valence-corrected chi connectivity index (χ4v) is 4.19. The van der Waals surface area contributed by atoms with E-state index in [1.165, 1.54) is 0 Å². The topological polar surface area (TPSA) is 60.9 Å². The number of carbonyl (C=O) groups is 1. The molecule has 0 spiro atoms. The van der Waals surface area contributed by atoms with Crippen LogP contribution >= 0.6 is 11.3 Å². The number of ether oxygens (including phenoxy) is 3. The molecule has 7 heteroatoms. The fraction of sp³-hybridized carbons (Fsp3) is 0.304. The number of benzene rings is 2. The number of aromatic nitrogens is 1. The zero-order valence-electron chi connectivity index (χ0n) is 17.3. The van der Waals surface area contributed by atoms with Crippen LogP contribution in [0.3, 0.4) is 0 Å². The molecule has 0 saturated heterocycles. The Kier molecular flexibility index (Phi) is 5.90. The second kappa shape index (κ2) is 8.75. The van der Waals surface area contributed by atoms with E-state index in [0.717, 1.165) is 33.1 Å². The van der Waals surface area contributed by atoms with Crippen LogP contribution in [0.5, 0.6) is 17.2 Å². The minimum atomic E-state index is 0.0440. The minimum absolute atomic E-state index is 0.0440. The van der Waals surface area contributed by atoms with Crippen LogP contribution in [0.1, 0.15) is 16.3 Å². The summed E-state index contributed by atoms with van der Waals surface area (Å²) in [5.74, 6) is 2.19. The summed E-state index contributed by atoms with van der Waals surface area (Å²) in [5.41, 5.74) is 3.73. The third-order valence-corrected chi connectivity index (χ3v) is 5.90. The Morgan fingerprint density at radius 3 is 2.80 bits per heavy atom. The number of hydrogen-bond acceptors (Lipinski definition) is 6. The van der Waals surface area contributed by atoms with Crippen molar-refractivity contribution in [3.63, 3.8) is 0 Å². The smallest absolute Gasteiger partial charge is 0.229 e. The summed E-state index contributed by atoms with van der Waals surface area (Å²) >= 11 is 1.56. The number of methoxy groups -OCH3 is 2. The molecule has 0 saturated carbocycles. The normalized spacial score (nSPS) is 13.2. The van der Waals surface area contributed by atoms with Crippen LogP contribution in [-0.2, 0) is 17.8 Å². The number of nitrogens with zero attached hydrogens (tertiary/aromatic N) is 2. The first-order valence-corrected chi connectivity index (χ1v) is 10.6. The van der Waals surface area contributed by atoms with E-state index in [1.54, 1.807) is 25.6 Å². The van der Waals surface area contributed by atoms with Gasteiger partial charge in [-0.15, -0.1) is 11.3 Å². The number of amides is 1. The first-order valence-electron chi connectivity index (χ1n) is 9.74. The molecule has 0 fully saturated rings. The van der Waals surface area contributed by atoms with Crippen molar-refractivity contribution < 1.29 is 19.0 Å². The van der Waals surface area contributed by atoms with Crippen LogP contribution in [0.2, 0.25) is 0 Å². The maximum atomic E-state index is 12.9. The molecule has 0 unspecified atom stereocenters. The highest BCUT2D eigenvalue weighted by atomic mass is 32.1. The molecule has 1 amide bonds. The Balaban J connectivity index is 1.64. The number of fused-ring (bicyclic) bond motifs is 1. The van der Waals surface area contributed by atoms with E-state index in [9.17, 15) is 4.79 Å². The second-order valence-corrected chi connectivity index (χ2v) is 8.16. The number of rotatable bonds is 5. The van der Waals surface area contributed by atoms with Gasteiger partial charge in [-0.2, -0.15) is 0 Å². The van der Waals surface area contributed by atoms with Crippen molar-refractivity contribution in [1.82, 2.24) is 9.88 Å². The molecule has 1 aromatic heterocycles. The predicted molar refractivity (Wildman–Crippen MR) is 116 cm³/mol. The summed E-state index contributed by atoms with van der Waals surface area (Å²) in [7, 11) is 3.28. The Morgan fingerprint density at radius 2 is 2.07 bits per heavy atom. The van der Waals surface area contributed by atoms with Gasteiger partial charge in [-0.25, -0.2) is 4.98 Å². The van der Waals surface area contributed by atoms with Crippen LogP contribution in [-0.4, -0.2) is 43.2 Å². The zero-order chi connectivity index (χ0) is 21.1. The highest BCUT2D eigenvalue weighted by Crippen LogP contribution is 2.39. The van der Waals surface area contributed by atoms with Gasteiger partial charge in [-0.05, 0) is 42.3 Å². The molecule has 30 heavy (non-hydrogen) atoms. The van der Waals surface area contributed by atoms with Gasteiger partial charge in [-0.3, -0.25) is 4.79 Å². The summed E-state index contributed by atoms with van der Waals surface area (Å²) in [6.07, 6.45) is 0.298. The van der Waals surface area contributed by atoms with Gasteiger partial charge in [0, 0.05) is 17.5 Å². The van der Waals surface area contributed by atoms with Crippen molar-refractivity contribution in [1.29, 1.82) is 0 Å². The van der Waals surface area contributed by atoms with E-state index < -0.39 is 0 Å². The van der Waals surface area contributed by atoms with Gasteiger partial charge in [0.1, 0.15) is 12.4 Å². The van der Waals surface area contributed by atoms with Gasteiger partial charge >= 0.3 is 0 Å². The lowest BCUT2D eigenvalue weighted by atomic mass is 10.0.